The third-order valence-electron chi connectivity index (χ3n) is 11.6. The Kier molecular flexibility index (Phi) is 7.26. The van der Waals surface area contributed by atoms with Gasteiger partial charge in [-0.05, 0) is 106 Å². The van der Waals surface area contributed by atoms with Crippen LogP contribution in [0.25, 0.3) is 0 Å². The fourth-order valence-corrected chi connectivity index (χ4v) is 9.96. The zero-order valence-corrected chi connectivity index (χ0v) is 25.3. The first-order chi connectivity index (χ1) is 19.5. The predicted octanol–water partition coefficient (Wildman–Crippen LogP) is 6.29. The molecule has 1 aromatic carbocycles. The van der Waals surface area contributed by atoms with Crippen molar-refractivity contribution in [2.75, 3.05) is 11.9 Å². The molecule has 9 unspecified atom stereocenters. The molecule has 6 heteroatoms. The lowest BCUT2D eigenvalue weighted by Crippen LogP contribution is -2.60. The summed E-state index contributed by atoms with van der Waals surface area (Å²) in [6.45, 7) is 10.9. The van der Waals surface area contributed by atoms with E-state index >= 15 is 0 Å². The van der Waals surface area contributed by atoms with Crippen LogP contribution in [0.4, 0.5) is 5.69 Å². The number of carbonyl (C=O) groups is 2. The summed E-state index contributed by atoms with van der Waals surface area (Å²) >= 11 is 0. The monoisotopic (exact) mass is 561 g/mol. The van der Waals surface area contributed by atoms with Gasteiger partial charge in [-0.2, -0.15) is 0 Å². The number of aliphatic hydroxyl groups excluding tert-OH is 1. The Morgan fingerprint density at radius 2 is 1.95 bits per heavy atom. The van der Waals surface area contributed by atoms with E-state index in [9.17, 15) is 14.7 Å². The summed E-state index contributed by atoms with van der Waals surface area (Å²) in [5.74, 6) is 1.44. The van der Waals surface area contributed by atoms with Gasteiger partial charge < -0.3 is 19.9 Å². The highest BCUT2D eigenvalue weighted by atomic mass is 16.5. The van der Waals surface area contributed by atoms with Crippen molar-refractivity contribution in [3.05, 3.63) is 48.1 Å². The molecule has 0 aromatic heterocycles. The summed E-state index contributed by atoms with van der Waals surface area (Å²) in [5.41, 5.74) is 0.811. The summed E-state index contributed by atoms with van der Waals surface area (Å²) in [6, 6.07) is 8.15. The lowest BCUT2D eigenvalue weighted by molar-refractivity contribution is -0.158. The predicted molar refractivity (Wildman–Crippen MR) is 160 cm³/mol. The minimum Gasteiger partial charge on any atom is -0.486 e. The number of Topliss-reactive ketones (excluding diaryl/α,β-unsaturated/α-hetero) is 1. The van der Waals surface area contributed by atoms with Gasteiger partial charge in [0, 0.05) is 23.1 Å². The van der Waals surface area contributed by atoms with Gasteiger partial charge in [-0.25, -0.2) is 0 Å². The van der Waals surface area contributed by atoms with Gasteiger partial charge in [0.15, 0.2) is 11.6 Å². The van der Waals surface area contributed by atoms with Crippen molar-refractivity contribution in [2.24, 2.45) is 34.0 Å². The second-order valence-corrected chi connectivity index (χ2v) is 14.2. The van der Waals surface area contributed by atoms with E-state index in [1.165, 1.54) is 0 Å². The Morgan fingerprint density at radius 3 is 2.66 bits per heavy atom. The van der Waals surface area contributed by atoms with Crippen molar-refractivity contribution < 1.29 is 24.2 Å². The van der Waals surface area contributed by atoms with E-state index in [4.69, 9.17) is 9.47 Å². The van der Waals surface area contributed by atoms with Crippen LogP contribution in [-0.4, -0.2) is 47.6 Å². The van der Waals surface area contributed by atoms with E-state index < -0.39 is 11.5 Å². The van der Waals surface area contributed by atoms with Gasteiger partial charge in [-0.15, -0.1) is 0 Å². The van der Waals surface area contributed by atoms with Crippen LogP contribution in [0.15, 0.2) is 48.1 Å². The summed E-state index contributed by atoms with van der Waals surface area (Å²) in [4.78, 5) is 26.7. The van der Waals surface area contributed by atoms with Crippen LogP contribution >= 0.6 is 0 Å². The van der Waals surface area contributed by atoms with Crippen molar-refractivity contribution in [3.8, 4) is 5.75 Å². The molecule has 1 aromatic rings. The SMILES string of the molecule is CCCC1CC2(C(=O)COc3ccc(NC(C)C)cc3)C(CC3C4CCC5=CC(=O)C=CC5(C)C4C(O)CC32C)O1. The molecule has 0 amide bonds. The average molecular weight is 562 g/mol. The molecule has 2 N–H and O–H groups in total. The first-order valence-electron chi connectivity index (χ1n) is 15.8. The Labute approximate surface area is 245 Å². The first kappa shape index (κ1) is 28.7. The van der Waals surface area contributed by atoms with Crippen molar-refractivity contribution in [3.63, 3.8) is 0 Å². The Morgan fingerprint density at radius 1 is 1.20 bits per heavy atom. The molecule has 0 spiro atoms. The third kappa shape index (κ3) is 4.43. The quantitative estimate of drug-likeness (QED) is 0.388. The van der Waals surface area contributed by atoms with Gasteiger partial charge in [0.1, 0.15) is 12.4 Å². The summed E-state index contributed by atoms with van der Waals surface area (Å²) in [5, 5.41) is 15.3. The number of benzene rings is 1. The Hall–Kier alpha value is -2.44. The molecule has 4 fully saturated rings. The Bertz CT molecular complexity index is 1250. The fourth-order valence-electron chi connectivity index (χ4n) is 9.96. The van der Waals surface area contributed by atoms with Crippen molar-refractivity contribution in [1.82, 2.24) is 0 Å². The van der Waals surface area contributed by atoms with Gasteiger partial charge >= 0.3 is 0 Å². The van der Waals surface area contributed by atoms with Crippen molar-refractivity contribution >= 4 is 17.3 Å². The van der Waals surface area contributed by atoms with Crippen LogP contribution < -0.4 is 10.1 Å². The largest absolute Gasteiger partial charge is 0.486 e. The molecule has 1 saturated heterocycles. The van der Waals surface area contributed by atoms with Crippen LogP contribution in [0, 0.1) is 34.0 Å². The van der Waals surface area contributed by atoms with Gasteiger partial charge in [0.2, 0.25) is 0 Å². The normalized spacial score (nSPS) is 40.9. The highest BCUT2D eigenvalue weighted by molar-refractivity contribution is 6.01. The molecule has 0 radical (unpaired) electrons. The molecular weight excluding hydrogens is 514 g/mol. The Balaban J connectivity index is 1.29. The van der Waals surface area contributed by atoms with Crippen LogP contribution in [0.1, 0.15) is 79.6 Å². The smallest absolute Gasteiger partial charge is 0.179 e. The number of carbonyl (C=O) groups excluding carboxylic acids is 2. The first-order valence-corrected chi connectivity index (χ1v) is 15.8. The number of ketones is 2. The highest BCUT2D eigenvalue weighted by Crippen LogP contribution is 2.72. The molecule has 5 aliphatic rings. The number of ether oxygens (including phenoxy) is 2. The molecule has 1 aliphatic heterocycles. The molecule has 4 aliphatic carbocycles. The minimum atomic E-state index is -0.669. The second kappa shape index (κ2) is 10.4. The van der Waals surface area contributed by atoms with Crippen LogP contribution in [-0.2, 0) is 14.3 Å². The van der Waals surface area contributed by atoms with E-state index in [-0.39, 0.29) is 59.0 Å². The van der Waals surface area contributed by atoms with Crippen LogP contribution in [0.3, 0.4) is 0 Å². The number of allylic oxidation sites excluding steroid dienone is 4. The fraction of sp³-hybridized carbons (Fsp3) is 0.657. The average Bonchev–Trinajstić information content (AvgIpc) is 3.40. The lowest BCUT2D eigenvalue weighted by atomic mass is 9.44. The molecular formula is C35H47NO5. The number of nitrogens with one attached hydrogen (secondary N) is 1. The van der Waals surface area contributed by atoms with Gasteiger partial charge in [0.05, 0.1) is 23.7 Å². The molecule has 6 nitrogen and oxygen atoms in total. The molecule has 6 rings (SSSR count). The zero-order valence-electron chi connectivity index (χ0n) is 25.3. The summed E-state index contributed by atoms with van der Waals surface area (Å²) in [7, 11) is 0. The highest BCUT2D eigenvalue weighted by Gasteiger charge is 2.74. The third-order valence-corrected chi connectivity index (χ3v) is 11.6. The number of aliphatic hydroxyl groups is 1. The molecule has 9 atom stereocenters. The van der Waals surface area contributed by atoms with Gasteiger partial charge in [-0.3, -0.25) is 9.59 Å². The maximum absolute atomic E-state index is 14.5. The van der Waals surface area contributed by atoms with Crippen molar-refractivity contribution in [1.29, 1.82) is 0 Å². The minimum absolute atomic E-state index is 0.0115. The summed E-state index contributed by atoms with van der Waals surface area (Å²) in [6.07, 6.45) is 10.8. The number of rotatable bonds is 8. The second-order valence-electron chi connectivity index (χ2n) is 14.2. The lowest BCUT2D eigenvalue weighted by Gasteiger charge is -2.60. The summed E-state index contributed by atoms with van der Waals surface area (Å²) < 4.78 is 12.9. The maximum Gasteiger partial charge on any atom is 0.179 e. The zero-order chi connectivity index (χ0) is 29.2. The molecule has 0 bridgehead atoms. The standard InChI is InChI=1S/C35H47NO5/c1-6-7-26-18-35(30(39)20-40-25-11-9-23(10-12-25)36-21(2)3)31(41-26)17-28-27-13-8-22-16-24(37)14-15-33(22,4)32(27)29(38)19-34(28,35)5/h9-12,14-16,21,26-29,31-32,36,38H,6-8,13,17-20H2,1-5H3. The number of fused-ring (bicyclic) bond motifs is 7. The van der Waals surface area contributed by atoms with E-state index in [0.29, 0.717) is 24.6 Å². The maximum atomic E-state index is 14.5. The number of hydrogen-bond donors (Lipinski definition) is 2. The van der Waals surface area contributed by atoms with E-state index in [2.05, 4.69) is 39.9 Å². The molecule has 41 heavy (non-hydrogen) atoms. The van der Waals surface area contributed by atoms with Gasteiger partial charge in [-0.1, -0.05) is 38.8 Å². The van der Waals surface area contributed by atoms with E-state index in [0.717, 1.165) is 43.4 Å². The molecule has 222 valence electrons. The van der Waals surface area contributed by atoms with Crippen LogP contribution in [0.5, 0.6) is 5.75 Å². The van der Waals surface area contributed by atoms with E-state index in [1.807, 2.05) is 30.3 Å². The topological polar surface area (TPSA) is 84.9 Å². The van der Waals surface area contributed by atoms with E-state index in [1.54, 1.807) is 12.2 Å². The number of anilines is 1. The number of hydrogen-bond acceptors (Lipinski definition) is 6. The molecule has 1 heterocycles. The van der Waals surface area contributed by atoms with Crippen molar-refractivity contribution in [2.45, 2.75) is 104 Å². The molecule has 3 saturated carbocycles. The van der Waals surface area contributed by atoms with Gasteiger partial charge in [0.25, 0.3) is 0 Å². The van der Waals surface area contributed by atoms with Crippen LogP contribution in [0.2, 0.25) is 0 Å².